The topological polar surface area (TPSA) is 58.6 Å². The molecule has 1 unspecified atom stereocenters. The third-order valence-corrected chi connectivity index (χ3v) is 6.44. The van der Waals surface area contributed by atoms with Gasteiger partial charge in [0.05, 0.1) is 11.6 Å². The maximum absolute atomic E-state index is 14.3. The molecule has 2 N–H and O–H groups in total. The number of thioether (sulfide) groups is 1. The van der Waals surface area contributed by atoms with Crippen molar-refractivity contribution in [3.8, 4) is 0 Å². The van der Waals surface area contributed by atoms with Crippen molar-refractivity contribution in [3.05, 3.63) is 64.2 Å². The Kier molecular flexibility index (Phi) is 12.0. The van der Waals surface area contributed by atoms with Crippen molar-refractivity contribution in [2.24, 2.45) is 0 Å². The molecule has 2 aromatic rings. The predicted molar refractivity (Wildman–Crippen MR) is 120 cm³/mol. The van der Waals surface area contributed by atoms with Crippen LogP contribution in [0.5, 0.6) is 0 Å². The van der Waals surface area contributed by atoms with Crippen molar-refractivity contribution in [2.75, 3.05) is 18.9 Å². The Labute approximate surface area is 186 Å². The molecule has 0 fully saturated rings. The summed E-state index contributed by atoms with van der Waals surface area (Å²) >= 11 is 7.85. The smallest absolute Gasteiger partial charge is 0.316 e. The SMILES string of the molecule is O=[PH](O)OCCCNCc1cc(Cl)c(SCCCCCc2ccc(F)cc2)cc1F. The molecule has 30 heavy (non-hydrogen) atoms. The summed E-state index contributed by atoms with van der Waals surface area (Å²) in [5.74, 6) is 0.337. The number of hydrogen-bond donors (Lipinski definition) is 2. The van der Waals surface area contributed by atoms with Crippen LogP contribution in [0.2, 0.25) is 5.02 Å². The number of halogens is 3. The largest absolute Gasteiger partial charge is 0.326 e. The van der Waals surface area contributed by atoms with Crippen molar-refractivity contribution in [1.29, 1.82) is 0 Å². The van der Waals surface area contributed by atoms with Crippen LogP contribution in [0.25, 0.3) is 0 Å². The van der Waals surface area contributed by atoms with Gasteiger partial charge in [-0.1, -0.05) is 30.2 Å². The number of hydrogen-bond acceptors (Lipinski definition) is 4. The van der Waals surface area contributed by atoms with Gasteiger partial charge in [0.25, 0.3) is 0 Å². The lowest BCUT2D eigenvalue weighted by Crippen LogP contribution is -2.16. The summed E-state index contributed by atoms with van der Waals surface area (Å²) in [6, 6.07) is 9.71. The van der Waals surface area contributed by atoms with Gasteiger partial charge < -0.3 is 14.7 Å². The summed E-state index contributed by atoms with van der Waals surface area (Å²) in [6.07, 6.45) is 4.55. The van der Waals surface area contributed by atoms with Crippen LogP contribution >= 0.6 is 31.6 Å². The average Bonchev–Trinajstić information content (AvgIpc) is 2.71. The molecule has 0 heterocycles. The Morgan fingerprint density at radius 3 is 2.60 bits per heavy atom. The molecule has 0 saturated heterocycles. The lowest BCUT2D eigenvalue weighted by atomic mass is 10.1. The van der Waals surface area contributed by atoms with E-state index in [4.69, 9.17) is 16.5 Å². The van der Waals surface area contributed by atoms with Gasteiger partial charge >= 0.3 is 8.25 Å². The van der Waals surface area contributed by atoms with Crippen LogP contribution in [0.1, 0.15) is 36.8 Å². The molecule has 2 aromatic carbocycles. The Hall–Kier alpha value is -0.950. The molecule has 0 saturated carbocycles. The maximum atomic E-state index is 14.3. The first-order chi connectivity index (χ1) is 14.5. The van der Waals surface area contributed by atoms with Gasteiger partial charge in [0.2, 0.25) is 0 Å². The van der Waals surface area contributed by atoms with Gasteiger partial charge in [-0.2, -0.15) is 0 Å². The van der Waals surface area contributed by atoms with E-state index in [0.29, 0.717) is 30.1 Å². The third kappa shape index (κ3) is 9.90. The van der Waals surface area contributed by atoms with E-state index in [9.17, 15) is 13.3 Å². The fourth-order valence-electron chi connectivity index (χ4n) is 2.84. The van der Waals surface area contributed by atoms with Gasteiger partial charge in [0.1, 0.15) is 11.6 Å². The number of benzene rings is 2. The molecule has 0 aromatic heterocycles. The van der Waals surface area contributed by atoms with E-state index in [2.05, 4.69) is 9.84 Å². The molecule has 2 rings (SSSR count). The lowest BCUT2D eigenvalue weighted by Gasteiger charge is -2.10. The van der Waals surface area contributed by atoms with Gasteiger partial charge in [-0.05, 0) is 67.8 Å². The lowest BCUT2D eigenvalue weighted by molar-refractivity contribution is 0.276. The van der Waals surface area contributed by atoms with E-state index in [1.165, 1.54) is 18.2 Å². The highest BCUT2D eigenvalue weighted by Gasteiger charge is 2.09. The van der Waals surface area contributed by atoms with Crippen molar-refractivity contribution in [2.45, 2.75) is 43.5 Å². The molecular weight excluding hydrogens is 451 g/mol. The normalized spacial score (nSPS) is 12.3. The van der Waals surface area contributed by atoms with Crippen molar-refractivity contribution in [1.82, 2.24) is 5.32 Å². The minimum absolute atomic E-state index is 0.185. The van der Waals surface area contributed by atoms with Crippen LogP contribution in [0.15, 0.2) is 41.3 Å². The first kappa shape index (κ1) is 25.3. The Morgan fingerprint density at radius 2 is 1.87 bits per heavy atom. The summed E-state index contributed by atoms with van der Waals surface area (Å²) in [5.41, 5.74) is 1.62. The molecule has 0 aliphatic rings. The van der Waals surface area contributed by atoms with Crippen molar-refractivity contribution in [3.63, 3.8) is 0 Å². The molecule has 4 nitrogen and oxygen atoms in total. The second-order valence-electron chi connectivity index (χ2n) is 6.80. The van der Waals surface area contributed by atoms with E-state index in [1.807, 2.05) is 12.1 Å². The van der Waals surface area contributed by atoms with Crippen LogP contribution < -0.4 is 5.32 Å². The first-order valence-corrected chi connectivity index (χ1v) is 12.5. The molecule has 0 spiro atoms. The van der Waals surface area contributed by atoms with Crippen LogP contribution in [-0.2, 0) is 22.1 Å². The fourth-order valence-corrected chi connectivity index (χ4v) is 4.46. The standard InChI is InChI=1S/C21H27ClF2NO3PS/c22-19-13-17(15-25-10-4-11-28-29(26)27)20(24)14-21(19)30-12-3-1-2-5-16-6-8-18(23)9-7-16/h6-9,13-14,25,29H,1-5,10-12,15H2,(H,26,27). The summed E-state index contributed by atoms with van der Waals surface area (Å²) in [6.45, 7) is 1.05. The first-order valence-electron chi connectivity index (χ1n) is 9.87. The van der Waals surface area contributed by atoms with Gasteiger partial charge in [0, 0.05) is 17.0 Å². The highest BCUT2D eigenvalue weighted by Crippen LogP contribution is 2.30. The van der Waals surface area contributed by atoms with Gasteiger partial charge in [-0.15, -0.1) is 11.8 Å². The molecule has 9 heteroatoms. The summed E-state index contributed by atoms with van der Waals surface area (Å²) < 4.78 is 42.2. The average molecular weight is 478 g/mol. The highest BCUT2D eigenvalue weighted by molar-refractivity contribution is 7.99. The minimum atomic E-state index is -2.89. The second kappa shape index (κ2) is 14.2. The Bertz CT molecular complexity index is 812. The fraction of sp³-hybridized carbons (Fsp3) is 0.429. The van der Waals surface area contributed by atoms with Gasteiger partial charge in [0.15, 0.2) is 0 Å². The molecule has 0 radical (unpaired) electrons. The molecule has 1 atom stereocenters. The van der Waals surface area contributed by atoms with Crippen molar-refractivity contribution < 1.29 is 22.8 Å². The predicted octanol–water partition coefficient (Wildman–Crippen LogP) is 6.00. The summed E-state index contributed by atoms with van der Waals surface area (Å²) in [7, 11) is -2.89. The molecule has 0 aliphatic carbocycles. The Morgan fingerprint density at radius 1 is 1.10 bits per heavy atom. The van der Waals surface area contributed by atoms with Crippen molar-refractivity contribution >= 4 is 31.6 Å². The van der Waals surface area contributed by atoms with Crippen LogP contribution in [0.3, 0.4) is 0 Å². The zero-order valence-corrected chi connectivity index (χ0v) is 19.2. The molecule has 0 amide bonds. The zero-order chi connectivity index (χ0) is 21.8. The van der Waals surface area contributed by atoms with Crippen LogP contribution in [-0.4, -0.2) is 23.8 Å². The molecule has 166 valence electrons. The third-order valence-electron chi connectivity index (χ3n) is 4.42. The number of aryl methyl sites for hydroxylation is 1. The van der Waals surface area contributed by atoms with E-state index < -0.39 is 8.25 Å². The van der Waals surface area contributed by atoms with E-state index >= 15 is 0 Å². The minimum Gasteiger partial charge on any atom is -0.326 e. The zero-order valence-electron chi connectivity index (χ0n) is 16.6. The maximum Gasteiger partial charge on any atom is 0.316 e. The molecular formula is C21H27ClF2NO3PS. The quantitative estimate of drug-likeness (QED) is 0.198. The number of rotatable bonds is 14. The number of nitrogens with one attached hydrogen (secondary N) is 1. The van der Waals surface area contributed by atoms with Gasteiger partial charge in [-0.25, -0.2) is 8.78 Å². The summed E-state index contributed by atoms with van der Waals surface area (Å²) in [4.78, 5) is 9.30. The van der Waals surface area contributed by atoms with E-state index in [-0.39, 0.29) is 18.2 Å². The van der Waals surface area contributed by atoms with E-state index in [0.717, 1.165) is 41.9 Å². The van der Waals surface area contributed by atoms with Crippen LogP contribution in [0.4, 0.5) is 8.78 Å². The van der Waals surface area contributed by atoms with Gasteiger partial charge in [-0.3, -0.25) is 4.57 Å². The molecule has 0 aliphatic heterocycles. The van der Waals surface area contributed by atoms with Crippen LogP contribution in [0, 0.1) is 11.6 Å². The van der Waals surface area contributed by atoms with E-state index in [1.54, 1.807) is 17.8 Å². The summed E-state index contributed by atoms with van der Waals surface area (Å²) in [5, 5.41) is 3.60. The highest BCUT2D eigenvalue weighted by atomic mass is 35.5. The Balaban J connectivity index is 1.65. The second-order valence-corrected chi connectivity index (χ2v) is 9.17. The number of unbranched alkanes of at least 4 members (excludes halogenated alkanes) is 2. The monoisotopic (exact) mass is 477 g/mol. The molecule has 0 bridgehead atoms.